The third-order valence-electron chi connectivity index (χ3n) is 5.08. The van der Waals surface area contributed by atoms with Crippen LogP contribution >= 0.6 is 0 Å². The largest absolute Gasteiger partial charge is 0.378 e. The molecule has 3 rings (SSSR count). The summed E-state index contributed by atoms with van der Waals surface area (Å²) in [5.41, 5.74) is 0.752. The molecule has 1 aromatic rings. The van der Waals surface area contributed by atoms with E-state index in [-0.39, 0.29) is 11.8 Å². The van der Waals surface area contributed by atoms with Crippen molar-refractivity contribution in [2.24, 2.45) is 0 Å². The predicted octanol–water partition coefficient (Wildman–Crippen LogP) is 0.781. The van der Waals surface area contributed by atoms with Crippen molar-refractivity contribution in [3.8, 4) is 6.07 Å². The van der Waals surface area contributed by atoms with Crippen molar-refractivity contribution >= 4 is 23.5 Å². The molecule has 0 aromatic heterocycles. The molecule has 136 valence electrons. The fraction of sp³-hybridized carbons (Fsp3) is 0.444. The zero-order valence-electron chi connectivity index (χ0n) is 15.1. The lowest BCUT2D eigenvalue weighted by atomic mass is 9.87. The third-order valence-corrected chi connectivity index (χ3v) is 5.08. The monoisotopic (exact) mass is 355 g/mol. The molecule has 4 amide bonds. The smallest absolute Gasteiger partial charge is 0.324 e. The number of imide groups is 1. The first-order valence-corrected chi connectivity index (χ1v) is 8.39. The molecule has 0 atom stereocenters. The van der Waals surface area contributed by atoms with E-state index in [0.717, 1.165) is 10.6 Å². The number of piperidine rings is 1. The second-order valence-electron chi connectivity index (χ2n) is 6.94. The van der Waals surface area contributed by atoms with Crippen LogP contribution in [0, 0.1) is 11.3 Å². The van der Waals surface area contributed by atoms with E-state index in [1.165, 1.54) is 7.05 Å². The van der Waals surface area contributed by atoms with Crippen LogP contribution in [0.25, 0.3) is 0 Å². The van der Waals surface area contributed by atoms with E-state index >= 15 is 0 Å². The molecular weight excluding hydrogens is 334 g/mol. The van der Waals surface area contributed by atoms with Gasteiger partial charge in [0.05, 0.1) is 11.6 Å². The number of likely N-dealkylation sites (N-methyl/N-ethyl adjacent to an activating group) is 1. The summed E-state index contributed by atoms with van der Waals surface area (Å²) in [7, 11) is 5.15. The Kier molecular flexibility index (Phi) is 4.32. The summed E-state index contributed by atoms with van der Waals surface area (Å²) in [4.78, 5) is 41.6. The second kappa shape index (κ2) is 6.33. The standard InChI is InChI=1S/C18H21N5O3/c1-21(2)14-9-12(11-19)8-13(10-14)15(24)23-6-4-18(5-7-23)16(25)22(3)17(26)20-18/h8-10H,4-7H2,1-3H3,(H,20,26). The highest BCUT2D eigenvalue weighted by Crippen LogP contribution is 2.29. The number of nitrogens with one attached hydrogen (secondary N) is 1. The third kappa shape index (κ3) is 2.86. The Labute approximate surface area is 152 Å². The Hall–Kier alpha value is -3.08. The predicted molar refractivity (Wildman–Crippen MR) is 94.7 cm³/mol. The van der Waals surface area contributed by atoms with Crippen molar-refractivity contribution in [3.63, 3.8) is 0 Å². The number of amides is 4. The fourth-order valence-electron chi connectivity index (χ4n) is 3.43. The highest BCUT2D eigenvalue weighted by atomic mass is 16.2. The molecule has 0 saturated carbocycles. The van der Waals surface area contributed by atoms with Crippen LogP contribution in [-0.4, -0.2) is 67.4 Å². The van der Waals surface area contributed by atoms with Gasteiger partial charge in [0.1, 0.15) is 5.54 Å². The van der Waals surface area contributed by atoms with Crippen LogP contribution in [0.5, 0.6) is 0 Å². The summed E-state index contributed by atoms with van der Waals surface area (Å²) in [6.45, 7) is 0.736. The Morgan fingerprint density at radius 3 is 2.38 bits per heavy atom. The highest BCUT2D eigenvalue weighted by Gasteiger charge is 2.51. The number of nitrogens with zero attached hydrogens (tertiary/aromatic N) is 4. The molecule has 1 N–H and O–H groups in total. The summed E-state index contributed by atoms with van der Waals surface area (Å²) in [5, 5.41) is 12.0. The molecule has 2 saturated heterocycles. The highest BCUT2D eigenvalue weighted by molar-refractivity contribution is 6.07. The molecule has 8 nitrogen and oxygen atoms in total. The van der Waals surface area contributed by atoms with Crippen molar-refractivity contribution in [2.75, 3.05) is 39.1 Å². The van der Waals surface area contributed by atoms with Gasteiger partial charge in [-0.25, -0.2) is 4.79 Å². The van der Waals surface area contributed by atoms with Gasteiger partial charge in [-0.15, -0.1) is 0 Å². The van der Waals surface area contributed by atoms with Crippen LogP contribution in [-0.2, 0) is 4.79 Å². The summed E-state index contributed by atoms with van der Waals surface area (Å²) >= 11 is 0. The molecule has 0 radical (unpaired) electrons. The van der Waals surface area contributed by atoms with Crippen molar-refractivity contribution in [1.29, 1.82) is 5.26 Å². The molecule has 2 fully saturated rings. The normalized spacial score (nSPS) is 18.7. The molecule has 0 bridgehead atoms. The molecule has 1 aromatic carbocycles. The van der Waals surface area contributed by atoms with Gasteiger partial charge in [0, 0.05) is 45.5 Å². The minimum atomic E-state index is -0.897. The fourth-order valence-corrected chi connectivity index (χ4v) is 3.43. The number of rotatable bonds is 2. The van der Waals surface area contributed by atoms with Crippen LogP contribution in [0.4, 0.5) is 10.5 Å². The molecule has 2 aliphatic heterocycles. The first-order valence-electron chi connectivity index (χ1n) is 8.39. The number of hydrogen-bond acceptors (Lipinski definition) is 5. The van der Waals surface area contributed by atoms with Gasteiger partial charge in [0.25, 0.3) is 11.8 Å². The number of urea groups is 1. The number of benzene rings is 1. The van der Waals surface area contributed by atoms with Gasteiger partial charge in [-0.2, -0.15) is 5.26 Å². The van der Waals surface area contributed by atoms with Crippen LogP contribution in [0.3, 0.4) is 0 Å². The maximum atomic E-state index is 12.9. The zero-order valence-corrected chi connectivity index (χ0v) is 15.1. The van der Waals surface area contributed by atoms with Crippen LogP contribution in [0.15, 0.2) is 18.2 Å². The van der Waals surface area contributed by atoms with Crippen molar-refractivity contribution in [2.45, 2.75) is 18.4 Å². The van der Waals surface area contributed by atoms with Gasteiger partial charge >= 0.3 is 6.03 Å². The molecular formula is C18H21N5O3. The molecule has 26 heavy (non-hydrogen) atoms. The van der Waals surface area contributed by atoms with Crippen LogP contribution in [0.1, 0.15) is 28.8 Å². The second-order valence-corrected chi connectivity index (χ2v) is 6.94. The maximum Gasteiger partial charge on any atom is 0.324 e. The lowest BCUT2D eigenvalue weighted by Crippen LogP contribution is -2.55. The van der Waals surface area contributed by atoms with E-state index in [1.54, 1.807) is 23.1 Å². The Bertz CT molecular complexity index is 819. The van der Waals surface area contributed by atoms with E-state index < -0.39 is 11.6 Å². The lowest BCUT2D eigenvalue weighted by molar-refractivity contribution is -0.131. The van der Waals surface area contributed by atoms with E-state index in [2.05, 4.69) is 11.4 Å². The van der Waals surface area contributed by atoms with Crippen LogP contribution < -0.4 is 10.2 Å². The van der Waals surface area contributed by atoms with Gasteiger partial charge in [-0.05, 0) is 31.0 Å². The number of likely N-dealkylation sites (tertiary alicyclic amines) is 1. The summed E-state index contributed by atoms with van der Waals surface area (Å²) in [6.07, 6.45) is 0.762. The summed E-state index contributed by atoms with van der Waals surface area (Å²) in [5.74, 6) is -0.416. The van der Waals surface area contributed by atoms with Gasteiger partial charge < -0.3 is 15.1 Å². The SMILES string of the molecule is CN1C(=O)NC2(CCN(C(=O)c3cc(C#N)cc(N(C)C)c3)CC2)C1=O. The first kappa shape index (κ1) is 17.7. The number of hydrogen-bond donors (Lipinski definition) is 1. The quantitative estimate of drug-likeness (QED) is 0.791. The molecule has 0 unspecified atom stereocenters. The number of carbonyl (C=O) groups excluding carboxylic acids is 3. The molecule has 1 spiro atoms. The Morgan fingerprint density at radius 2 is 1.88 bits per heavy atom. The minimum Gasteiger partial charge on any atom is -0.378 e. The van der Waals surface area contributed by atoms with Gasteiger partial charge in [-0.1, -0.05) is 0 Å². The zero-order chi connectivity index (χ0) is 19.1. The topological polar surface area (TPSA) is 96.8 Å². The average Bonchev–Trinajstić information content (AvgIpc) is 2.85. The van der Waals surface area contributed by atoms with Crippen LogP contribution in [0.2, 0.25) is 0 Å². The van der Waals surface area contributed by atoms with Crippen molar-refractivity contribution in [1.82, 2.24) is 15.1 Å². The molecule has 2 aliphatic rings. The molecule has 8 heteroatoms. The van der Waals surface area contributed by atoms with Crippen molar-refractivity contribution in [3.05, 3.63) is 29.3 Å². The lowest BCUT2D eigenvalue weighted by Gasteiger charge is -2.37. The number of carbonyl (C=O) groups is 3. The van der Waals surface area contributed by atoms with Gasteiger partial charge in [-0.3, -0.25) is 14.5 Å². The number of nitriles is 1. The van der Waals surface area contributed by atoms with E-state index in [0.29, 0.717) is 37.1 Å². The van der Waals surface area contributed by atoms with Crippen molar-refractivity contribution < 1.29 is 14.4 Å². The first-order chi connectivity index (χ1) is 12.3. The Morgan fingerprint density at radius 1 is 1.23 bits per heavy atom. The van der Waals surface area contributed by atoms with Gasteiger partial charge in [0.2, 0.25) is 0 Å². The van der Waals surface area contributed by atoms with E-state index in [9.17, 15) is 19.6 Å². The Balaban J connectivity index is 1.77. The molecule has 2 heterocycles. The summed E-state index contributed by atoms with van der Waals surface area (Å²) in [6, 6.07) is 6.74. The van der Waals surface area contributed by atoms with E-state index in [4.69, 9.17) is 0 Å². The maximum absolute atomic E-state index is 12.9. The van der Waals surface area contributed by atoms with Gasteiger partial charge in [0.15, 0.2) is 0 Å². The minimum absolute atomic E-state index is 0.176. The van der Waals surface area contributed by atoms with E-state index in [1.807, 2.05) is 19.0 Å². The number of anilines is 1. The summed E-state index contributed by atoms with van der Waals surface area (Å²) < 4.78 is 0. The average molecular weight is 355 g/mol. The molecule has 0 aliphatic carbocycles.